The lowest BCUT2D eigenvalue weighted by Gasteiger charge is -2.19. The van der Waals surface area contributed by atoms with E-state index in [4.69, 9.17) is 0 Å². The fourth-order valence-electron chi connectivity index (χ4n) is 2.47. The van der Waals surface area contributed by atoms with Crippen LogP contribution in [0.2, 0.25) is 0 Å². The third kappa shape index (κ3) is 4.60. The second kappa shape index (κ2) is 7.39. The monoisotopic (exact) mass is 277 g/mol. The van der Waals surface area contributed by atoms with Gasteiger partial charge in [0.25, 0.3) is 0 Å². The molecule has 0 bridgehead atoms. The van der Waals surface area contributed by atoms with Crippen molar-refractivity contribution in [1.82, 2.24) is 15.6 Å². The first kappa shape index (κ1) is 16.6. The molecule has 1 heterocycles. The minimum absolute atomic E-state index is 0.0400. The first-order valence-corrected chi connectivity index (χ1v) is 7.28. The molecule has 0 aliphatic carbocycles. The lowest BCUT2D eigenvalue weighted by molar-refractivity contribution is -0.123. The number of rotatable bonds is 6. The van der Waals surface area contributed by atoms with Gasteiger partial charge in [0.2, 0.25) is 5.91 Å². The Morgan fingerprint density at radius 3 is 2.40 bits per heavy atom. The molecule has 4 nitrogen and oxygen atoms in total. The summed E-state index contributed by atoms with van der Waals surface area (Å²) in [4.78, 5) is 16.0. The molecule has 1 aromatic rings. The van der Waals surface area contributed by atoms with Crippen LogP contribution in [-0.2, 0) is 4.79 Å². The van der Waals surface area contributed by atoms with E-state index in [1.54, 1.807) is 0 Å². The molecule has 1 amide bonds. The Bertz CT molecular complexity index is 446. The molecule has 0 fully saturated rings. The fourth-order valence-corrected chi connectivity index (χ4v) is 2.47. The number of carbonyl (C=O) groups excluding carboxylic acids is 1. The Balaban J connectivity index is 2.52. The number of amides is 1. The van der Waals surface area contributed by atoms with Gasteiger partial charge in [-0.25, -0.2) is 0 Å². The lowest BCUT2D eigenvalue weighted by atomic mass is 10.0. The third-order valence-corrected chi connectivity index (χ3v) is 3.42. The fraction of sp³-hybridized carbons (Fsp3) is 0.625. The van der Waals surface area contributed by atoms with Gasteiger partial charge in [-0.15, -0.1) is 0 Å². The third-order valence-electron chi connectivity index (χ3n) is 3.42. The molecule has 0 radical (unpaired) electrons. The second-order valence-corrected chi connectivity index (χ2v) is 5.70. The Morgan fingerprint density at radius 1 is 1.20 bits per heavy atom. The summed E-state index contributed by atoms with van der Waals surface area (Å²) in [5, 5.41) is 6.35. The van der Waals surface area contributed by atoms with Gasteiger partial charge >= 0.3 is 0 Å². The van der Waals surface area contributed by atoms with Gasteiger partial charge in [0.05, 0.1) is 0 Å². The maximum Gasteiger partial charge on any atom is 0.222 e. The number of nitrogens with zero attached hydrogens (tertiary/aromatic N) is 1. The largest absolute Gasteiger partial charge is 0.355 e. The van der Waals surface area contributed by atoms with Crippen LogP contribution < -0.4 is 10.6 Å². The van der Waals surface area contributed by atoms with E-state index < -0.39 is 0 Å². The molecule has 20 heavy (non-hydrogen) atoms. The maximum absolute atomic E-state index is 11.5. The molecule has 0 saturated heterocycles. The van der Waals surface area contributed by atoms with Crippen molar-refractivity contribution in [2.45, 2.75) is 47.6 Å². The highest BCUT2D eigenvalue weighted by Crippen LogP contribution is 2.20. The van der Waals surface area contributed by atoms with Gasteiger partial charge in [-0.3, -0.25) is 9.78 Å². The summed E-state index contributed by atoms with van der Waals surface area (Å²) >= 11 is 0. The van der Waals surface area contributed by atoms with E-state index >= 15 is 0 Å². The van der Waals surface area contributed by atoms with Crippen LogP contribution in [0, 0.1) is 26.7 Å². The minimum Gasteiger partial charge on any atom is -0.355 e. The summed E-state index contributed by atoms with van der Waals surface area (Å²) in [6.07, 6.45) is 0. The highest BCUT2D eigenvalue weighted by molar-refractivity contribution is 5.77. The SMILES string of the molecule is Cc1cc(C)c(C(C)NCCNC(=O)C(C)C)c(C)n1. The van der Waals surface area contributed by atoms with Gasteiger partial charge in [0, 0.05) is 36.4 Å². The van der Waals surface area contributed by atoms with Crippen molar-refractivity contribution in [3.63, 3.8) is 0 Å². The predicted octanol–water partition coefficient (Wildman–Crippen LogP) is 2.43. The molecule has 1 rings (SSSR count). The predicted molar refractivity (Wildman–Crippen MR) is 82.7 cm³/mol. The Hall–Kier alpha value is -1.42. The molecule has 1 atom stereocenters. The van der Waals surface area contributed by atoms with Crippen LogP contribution in [0.25, 0.3) is 0 Å². The Morgan fingerprint density at radius 2 is 1.85 bits per heavy atom. The number of carbonyl (C=O) groups is 1. The average molecular weight is 277 g/mol. The molecule has 0 aromatic carbocycles. The second-order valence-electron chi connectivity index (χ2n) is 5.70. The molecule has 0 aliphatic heterocycles. The Kier molecular flexibility index (Phi) is 6.14. The van der Waals surface area contributed by atoms with E-state index in [0.717, 1.165) is 17.9 Å². The summed E-state index contributed by atoms with van der Waals surface area (Å²) in [5.74, 6) is 0.141. The molecule has 2 N–H and O–H groups in total. The molecule has 112 valence electrons. The number of hydrogen-bond donors (Lipinski definition) is 2. The van der Waals surface area contributed by atoms with E-state index in [1.165, 1.54) is 11.1 Å². The molecule has 0 saturated carbocycles. The average Bonchev–Trinajstić information content (AvgIpc) is 2.32. The molecule has 4 heteroatoms. The number of hydrogen-bond acceptors (Lipinski definition) is 3. The van der Waals surface area contributed by atoms with Gasteiger partial charge < -0.3 is 10.6 Å². The molecule has 1 unspecified atom stereocenters. The first-order chi connectivity index (χ1) is 9.32. The first-order valence-electron chi connectivity index (χ1n) is 7.28. The van der Waals surface area contributed by atoms with Crippen molar-refractivity contribution < 1.29 is 4.79 Å². The zero-order valence-corrected chi connectivity index (χ0v) is 13.5. The smallest absolute Gasteiger partial charge is 0.222 e. The summed E-state index contributed by atoms with van der Waals surface area (Å²) in [5.41, 5.74) is 4.65. The molecular weight excluding hydrogens is 250 g/mol. The quantitative estimate of drug-likeness (QED) is 0.785. The highest BCUT2D eigenvalue weighted by atomic mass is 16.1. The van der Waals surface area contributed by atoms with Gasteiger partial charge in [-0.05, 0) is 44.9 Å². The molecule has 0 aliphatic rings. The van der Waals surface area contributed by atoms with Crippen molar-refractivity contribution in [1.29, 1.82) is 0 Å². The van der Waals surface area contributed by atoms with Gasteiger partial charge in [0.15, 0.2) is 0 Å². The van der Waals surface area contributed by atoms with Crippen molar-refractivity contribution >= 4 is 5.91 Å². The van der Waals surface area contributed by atoms with Crippen LogP contribution in [0.1, 0.15) is 49.3 Å². The van der Waals surface area contributed by atoms with E-state index in [2.05, 4.69) is 35.5 Å². The van der Waals surface area contributed by atoms with E-state index in [0.29, 0.717) is 6.54 Å². The van der Waals surface area contributed by atoms with Crippen LogP contribution in [0.3, 0.4) is 0 Å². The van der Waals surface area contributed by atoms with E-state index in [1.807, 2.05) is 27.7 Å². The highest BCUT2D eigenvalue weighted by Gasteiger charge is 2.12. The zero-order chi connectivity index (χ0) is 15.3. The van der Waals surface area contributed by atoms with Crippen LogP contribution in [0.15, 0.2) is 6.07 Å². The molecular formula is C16H27N3O. The van der Waals surface area contributed by atoms with Crippen molar-refractivity contribution in [2.24, 2.45) is 5.92 Å². The number of aryl methyl sites for hydroxylation is 3. The van der Waals surface area contributed by atoms with E-state index in [-0.39, 0.29) is 17.9 Å². The van der Waals surface area contributed by atoms with Crippen LogP contribution in [0.4, 0.5) is 0 Å². The zero-order valence-electron chi connectivity index (χ0n) is 13.5. The van der Waals surface area contributed by atoms with Crippen LogP contribution in [0.5, 0.6) is 0 Å². The van der Waals surface area contributed by atoms with E-state index in [9.17, 15) is 4.79 Å². The number of nitrogens with one attached hydrogen (secondary N) is 2. The summed E-state index contributed by atoms with van der Waals surface area (Å²) in [7, 11) is 0. The van der Waals surface area contributed by atoms with Gasteiger partial charge in [-0.1, -0.05) is 13.8 Å². The standard InChI is InChI=1S/C16H27N3O/c1-10(2)16(20)18-8-7-17-13(5)15-11(3)9-12(4)19-14(15)6/h9-10,13,17H,7-8H2,1-6H3,(H,18,20). The lowest BCUT2D eigenvalue weighted by Crippen LogP contribution is -2.35. The number of aromatic nitrogens is 1. The molecule has 0 spiro atoms. The maximum atomic E-state index is 11.5. The van der Waals surface area contributed by atoms with Crippen molar-refractivity contribution in [2.75, 3.05) is 13.1 Å². The van der Waals surface area contributed by atoms with Crippen molar-refractivity contribution in [3.05, 3.63) is 28.6 Å². The normalized spacial score (nSPS) is 12.6. The van der Waals surface area contributed by atoms with Crippen molar-refractivity contribution in [3.8, 4) is 0 Å². The number of pyridine rings is 1. The minimum atomic E-state index is 0.0400. The van der Waals surface area contributed by atoms with Crippen LogP contribution in [-0.4, -0.2) is 24.0 Å². The van der Waals surface area contributed by atoms with Gasteiger partial charge in [0.1, 0.15) is 0 Å². The topological polar surface area (TPSA) is 54.0 Å². The summed E-state index contributed by atoms with van der Waals surface area (Å²) in [6.45, 7) is 13.5. The Labute approximate surface area is 122 Å². The summed E-state index contributed by atoms with van der Waals surface area (Å²) in [6, 6.07) is 2.35. The molecule has 1 aromatic heterocycles. The summed E-state index contributed by atoms with van der Waals surface area (Å²) < 4.78 is 0. The van der Waals surface area contributed by atoms with Gasteiger partial charge in [-0.2, -0.15) is 0 Å². The van der Waals surface area contributed by atoms with Crippen LogP contribution >= 0.6 is 0 Å².